The highest BCUT2D eigenvalue weighted by atomic mass is 35.5. The SMILES string of the molecule is Cl.N[C@@H](Cc1cnc(CS(=O)(=O)c2ccc([N+](=O)[O-])cc2)n1Cl)C(=O)O. The first-order chi connectivity index (χ1) is 11.6. The van der Waals surface area contributed by atoms with Gasteiger partial charge < -0.3 is 10.8 Å². The molecule has 1 atom stereocenters. The molecule has 142 valence electrons. The molecule has 1 aromatic carbocycles. The quantitative estimate of drug-likeness (QED) is 0.494. The first kappa shape index (κ1) is 21.8. The molecule has 2 rings (SSSR count). The van der Waals surface area contributed by atoms with Gasteiger partial charge >= 0.3 is 5.97 Å². The second-order valence-electron chi connectivity index (χ2n) is 5.11. The summed E-state index contributed by atoms with van der Waals surface area (Å²) in [6.45, 7) is 0. The summed E-state index contributed by atoms with van der Waals surface area (Å²) >= 11 is 5.99. The van der Waals surface area contributed by atoms with E-state index in [1.807, 2.05) is 0 Å². The number of nitrogens with zero attached hydrogens (tertiary/aromatic N) is 3. The Morgan fingerprint density at radius 1 is 1.38 bits per heavy atom. The number of nitrogens with two attached hydrogens (primary N) is 1. The topological polar surface area (TPSA) is 158 Å². The van der Waals surface area contributed by atoms with Crippen molar-refractivity contribution in [3.63, 3.8) is 0 Å². The summed E-state index contributed by atoms with van der Waals surface area (Å²) in [4.78, 5) is 24.5. The van der Waals surface area contributed by atoms with Crippen LogP contribution in [0, 0.1) is 10.1 Å². The van der Waals surface area contributed by atoms with Gasteiger partial charge in [0.2, 0.25) is 0 Å². The van der Waals surface area contributed by atoms with E-state index in [0.717, 1.165) is 28.4 Å². The van der Waals surface area contributed by atoms with Crippen molar-refractivity contribution < 1.29 is 23.2 Å². The van der Waals surface area contributed by atoms with Crippen LogP contribution in [0.5, 0.6) is 0 Å². The van der Waals surface area contributed by atoms with Crippen molar-refractivity contribution in [3.8, 4) is 0 Å². The van der Waals surface area contributed by atoms with Crippen LogP contribution in [0.4, 0.5) is 5.69 Å². The summed E-state index contributed by atoms with van der Waals surface area (Å²) in [6.07, 6.45) is 1.12. The smallest absolute Gasteiger partial charge is 0.320 e. The second kappa shape index (κ2) is 8.45. The van der Waals surface area contributed by atoms with Crippen LogP contribution in [0.1, 0.15) is 11.5 Å². The Hall–Kier alpha value is -2.21. The molecule has 0 fully saturated rings. The summed E-state index contributed by atoms with van der Waals surface area (Å²) in [6, 6.07) is 3.20. The molecular formula is C13H14Cl2N4O6S. The van der Waals surface area contributed by atoms with Crippen LogP contribution in [-0.4, -0.2) is 39.5 Å². The average molecular weight is 425 g/mol. The number of sulfone groups is 1. The molecule has 0 aliphatic heterocycles. The molecule has 0 spiro atoms. The molecule has 0 unspecified atom stereocenters. The van der Waals surface area contributed by atoms with Crippen molar-refractivity contribution in [1.29, 1.82) is 0 Å². The van der Waals surface area contributed by atoms with Crippen LogP contribution in [0.3, 0.4) is 0 Å². The summed E-state index contributed by atoms with van der Waals surface area (Å²) in [5.41, 5.74) is 5.43. The molecule has 0 radical (unpaired) electrons. The minimum absolute atomic E-state index is 0. The predicted molar refractivity (Wildman–Crippen MR) is 94.0 cm³/mol. The van der Waals surface area contributed by atoms with Crippen molar-refractivity contribution in [2.75, 3.05) is 0 Å². The number of aromatic nitrogens is 2. The lowest BCUT2D eigenvalue weighted by Crippen LogP contribution is -2.32. The highest BCUT2D eigenvalue weighted by Gasteiger charge is 2.22. The molecule has 0 saturated carbocycles. The van der Waals surface area contributed by atoms with Crippen LogP contribution < -0.4 is 5.73 Å². The van der Waals surface area contributed by atoms with E-state index in [9.17, 15) is 23.3 Å². The molecule has 0 aliphatic carbocycles. The maximum Gasteiger partial charge on any atom is 0.320 e. The van der Waals surface area contributed by atoms with Gasteiger partial charge in [0.15, 0.2) is 9.84 Å². The molecule has 0 amide bonds. The van der Waals surface area contributed by atoms with E-state index in [-0.39, 0.29) is 40.9 Å². The summed E-state index contributed by atoms with van der Waals surface area (Å²) in [5.74, 6) is -1.80. The van der Waals surface area contributed by atoms with E-state index in [2.05, 4.69) is 4.98 Å². The number of aliphatic carboxylic acids is 1. The van der Waals surface area contributed by atoms with Gasteiger partial charge in [-0.2, -0.15) is 0 Å². The number of hydrogen-bond donors (Lipinski definition) is 2. The first-order valence-electron chi connectivity index (χ1n) is 6.79. The largest absolute Gasteiger partial charge is 0.480 e. The maximum atomic E-state index is 12.4. The van der Waals surface area contributed by atoms with Crippen molar-refractivity contribution in [2.24, 2.45) is 5.73 Å². The molecule has 0 bridgehead atoms. The number of halogens is 2. The van der Waals surface area contributed by atoms with E-state index in [4.69, 9.17) is 22.6 Å². The molecule has 2 aromatic rings. The normalized spacial score (nSPS) is 12.2. The van der Waals surface area contributed by atoms with Gasteiger partial charge in [0.1, 0.15) is 17.6 Å². The molecule has 13 heteroatoms. The number of carbonyl (C=O) groups is 1. The fraction of sp³-hybridized carbons (Fsp3) is 0.231. The monoisotopic (exact) mass is 424 g/mol. The third kappa shape index (κ3) is 4.91. The number of hydrogen-bond acceptors (Lipinski definition) is 7. The Kier molecular flexibility index (Phi) is 7.09. The van der Waals surface area contributed by atoms with Gasteiger partial charge in [-0.3, -0.25) is 14.9 Å². The second-order valence-corrected chi connectivity index (χ2v) is 7.43. The van der Waals surface area contributed by atoms with E-state index in [0.29, 0.717) is 0 Å². The minimum Gasteiger partial charge on any atom is -0.480 e. The molecule has 0 saturated heterocycles. The highest BCUT2D eigenvalue weighted by Crippen LogP contribution is 2.21. The number of carboxylic acids is 1. The number of carboxylic acid groups (broad SMARTS) is 1. The summed E-state index contributed by atoms with van der Waals surface area (Å²) in [5, 5.41) is 19.4. The van der Waals surface area contributed by atoms with Crippen LogP contribution >= 0.6 is 24.2 Å². The van der Waals surface area contributed by atoms with Gasteiger partial charge in [-0.1, -0.05) is 0 Å². The van der Waals surface area contributed by atoms with Crippen molar-refractivity contribution in [2.45, 2.75) is 23.1 Å². The van der Waals surface area contributed by atoms with E-state index in [1.165, 1.54) is 6.20 Å². The van der Waals surface area contributed by atoms with Crippen molar-refractivity contribution in [1.82, 2.24) is 9.07 Å². The average Bonchev–Trinajstić information content (AvgIpc) is 2.87. The van der Waals surface area contributed by atoms with E-state index >= 15 is 0 Å². The van der Waals surface area contributed by atoms with Gasteiger partial charge in [-0.15, -0.1) is 12.4 Å². The van der Waals surface area contributed by atoms with Crippen molar-refractivity contribution in [3.05, 3.63) is 52.1 Å². The third-order valence-electron chi connectivity index (χ3n) is 3.31. The minimum atomic E-state index is -3.85. The van der Waals surface area contributed by atoms with Crippen LogP contribution in [-0.2, 0) is 26.8 Å². The van der Waals surface area contributed by atoms with Crippen LogP contribution in [0.2, 0.25) is 0 Å². The highest BCUT2D eigenvalue weighted by molar-refractivity contribution is 7.90. The molecule has 3 N–H and O–H groups in total. The van der Waals surface area contributed by atoms with Gasteiger partial charge in [0, 0.05) is 30.3 Å². The molecule has 1 heterocycles. The Labute approximate surface area is 159 Å². The number of imidazole rings is 1. The van der Waals surface area contributed by atoms with Gasteiger partial charge in [-0.25, -0.2) is 17.5 Å². The third-order valence-corrected chi connectivity index (χ3v) is 5.35. The van der Waals surface area contributed by atoms with Crippen LogP contribution in [0.25, 0.3) is 0 Å². The zero-order valence-corrected chi connectivity index (χ0v) is 15.4. The molecule has 26 heavy (non-hydrogen) atoms. The standard InChI is InChI=1S/C13H13ClN4O6S.ClH/c14-17-9(5-11(15)13(19)20)6-16-12(17)7-25(23,24)10-3-1-8(2-4-10)18(21)22;/h1-4,6,11H,5,7,15H2,(H,19,20);1H/t11-;/m0./s1. The fourth-order valence-corrected chi connectivity index (χ4v) is 3.53. The first-order valence-corrected chi connectivity index (χ1v) is 8.78. The zero-order chi connectivity index (χ0) is 18.8. The summed E-state index contributed by atoms with van der Waals surface area (Å²) < 4.78 is 25.7. The van der Waals surface area contributed by atoms with E-state index < -0.39 is 32.5 Å². The molecular weight excluding hydrogens is 411 g/mol. The Balaban J connectivity index is 0.00000338. The number of nitro groups is 1. The molecule has 10 nitrogen and oxygen atoms in total. The fourth-order valence-electron chi connectivity index (χ4n) is 1.98. The Morgan fingerprint density at radius 3 is 2.46 bits per heavy atom. The summed E-state index contributed by atoms with van der Waals surface area (Å²) in [7, 11) is -3.85. The lowest BCUT2D eigenvalue weighted by molar-refractivity contribution is -0.384. The van der Waals surface area contributed by atoms with E-state index in [1.54, 1.807) is 0 Å². The van der Waals surface area contributed by atoms with Crippen LogP contribution in [0.15, 0.2) is 35.4 Å². The Bertz CT molecular complexity index is 913. The van der Waals surface area contributed by atoms with Gasteiger partial charge in [-0.05, 0) is 12.1 Å². The number of rotatable bonds is 7. The lowest BCUT2D eigenvalue weighted by atomic mass is 10.2. The number of non-ortho nitro benzene ring substituents is 1. The number of nitro benzene ring substituents is 1. The van der Waals surface area contributed by atoms with Gasteiger partial charge in [0.25, 0.3) is 5.69 Å². The maximum absolute atomic E-state index is 12.4. The lowest BCUT2D eigenvalue weighted by Gasteiger charge is -2.07. The van der Waals surface area contributed by atoms with Gasteiger partial charge in [0.05, 0.1) is 21.7 Å². The molecule has 1 aromatic heterocycles. The van der Waals surface area contributed by atoms with Crippen molar-refractivity contribution >= 4 is 45.7 Å². The molecule has 0 aliphatic rings. The predicted octanol–water partition coefficient (Wildman–Crippen LogP) is 1.14. The Morgan fingerprint density at radius 2 is 1.96 bits per heavy atom. The zero-order valence-electron chi connectivity index (χ0n) is 13.0. The number of benzene rings is 1.